The second kappa shape index (κ2) is 9.43. The monoisotopic (exact) mass is 459 g/mol. The Labute approximate surface area is 190 Å². The lowest BCUT2D eigenvalue weighted by Crippen LogP contribution is -2.20. The van der Waals surface area contributed by atoms with Crippen molar-refractivity contribution in [3.63, 3.8) is 0 Å². The zero-order chi connectivity index (χ0) is 22.6. The van der Waals surface area contributed by atoms with Gasteiger partial charge in [0.2, 0.25) is 0 Å². The molecule has 0 N–H and O–H groups in total. The van der Waals surface area contributed by atoms with Crippen molar-refractivity contribution in [3.05, 3.63) is 115 Å². The van der Waals surface area contributed by atoms with Crippen LogP contribution in [0.25, 0.3) is 0 Å². The molecule has 0 aliphatic carbocycles. The summed E-state index contributed by atoms with van der Waals surface area (Å²) >= 11 is 0. The van der Waals surface area contributed by atoms with Gasteiger partial charge in [-0.3, -0.25) is 9.31 Å². The summed E-state index contributed by atoms with van der Waals surface area (Å²) in [6, 6.07) is 35.9. The third-order valence-electron chi connectivity index (χ3n) is 5.70. The molecule has 4 aromatic carbocycles. The molecule has 2 atom stereocenters. The van der Waals surface area contributed by atoms with E-state index < -0.39 is 14.4 Å². The van der Waals surface area contributed by atoms with Crippen molar-refractivity contribution < 1.29 is 9.09 Å². The molecule has 0 spiro atoms. The van der Waals surface area contributed by atoms with Gasteiger partial charge in [0.05, 0.1) is 11.0 Å². The average molecular weight is 459 g/mol. The van der Waals surface area contributed by atoms with Crippen molar-refractivity contribution >= 4 is 41.3 Å². The molecule has 0 aliphatic heterocycles. The van der Waals surface area contributed by atoms with Gasteiger partial charge in [0.1, 0.15) is 0 Å². The summed E-state index contributed by atoms with van der Waals surface area (Å²) in [5.74, 6) is 0. The predicted molar refractivity (Wildman–Crippen MR) is 139 cm³/mol. The van der Waals surface area contributed by atoms with Crippen LogP contribution in [0.3, 0.4) is 0 Å². The Kier molecular flexibility index (Phi) is 6.63. The summed E-state index contributed by atoms with van der Waals surface area (Å²) in [5, 5.41) is 3.69. The second-order valence-electron chi connectivity index (χ2n) is 7.74. The standard InChI is InChI=1S/C27H27NO2P2/c1-22-14-10-12-20-26(22)31(3,23-15-6-4-7-16-23)28-25-19-11-13-21-27(25)32(29,30-2)24-17-8-5-9-18-24/h4-21H,1-3H3. The Hall–Kier alpha value is -2.70. The van der Waals surface area contributed by atoms with E-state index in [9.17, 15) is 4.57 Å². The number of hydrogen-bond donors (Lipinski definition) is 0. The zero-order valence-electron chi connectivity index (χ0n) is 18.6. The first-order valence-electron chi connectivity index (χ1n) is 10.5. The summed E-state index contributed by atoms with van der Waals surface area (Å²) in [6.45, 7) is 4.35. The van der Waals surface area contributed by atoms with E-state index in [-0.39, 0.29) is 0 Å². The Morgan fingerprint density at radius 3 is 1.75 bits per heavy atom. The Morgan fingerprint density at radius 1 is 0.656 bits per heavy atom. The van der Waals surface area contributed by atoms with Crippen molar-refractivity contribution in [1.82, 2.24) is 0 Å². The summed E-state index contributed by atoms with van der Waals surface area (Å²) < 4.78 is 25.3. The van der Waals surface area contributed by atoms with Crippen molar-refractivity contribution in [2.75, 3.05) is 13.8 Å². The maximum Gasteiger partial charge on any atom is 0.263 e. The minimum atomic E-state index is -3.30. The average Bonchev–Trinajstić information content (AvgIpc) is 2.85. The molecular formula is C27H27NO2P2. The molecule has 0 radical (unpaired) electrons. The smallest absolute Gasteiger partial charge is 0.263 e. The Balaban J connectivity index is 2.02. The molecule has 0 aliphatic rings. The third kappa shape index (κ3) is 4.17. The molecule has 4 rings (SSSR count). The molecular weight excluding hydrogens is 432 g/mol. The quantitative estimate of drug-likeness (QED) is 0.333. The molecule has 3 nitrogen and oxygen atoms in total. The van der Waals surface area contributed by atoms with Crippen molar-refractivity contribution in [3.8, 4) is 0 Å². The first-order valence-corrected chi connectivity index (χ1v) is 14.3. The van der Waals surface area contributed by atoms with E-state index in [4.69, 9.17) is 9.27 Å². The van der Waals surface area contributed by atoms with E-state index >= 15 is 0 Å². The van der Waals surface area contributed by atoms with Gasteiger partial charge in [0.25, 0.3) is 7.37 Å². The molecule has 0 saturated heterocycles. The lowest BCUT2D eigenvalue weighted by molar-refractivity contribution is 0.412. The fraction of sp³-hybridized carbons (Fsp3) is 0.111. The number of aryl methyl sites for hydroxylation is 1. The fourth-order valence-corrected chi connectivity index (χ4v) is 9.04. The van der Waals surface area contributed by atoms with Crippen LogP contribution in [0, 0.1) is 6.92 Å². The Morgan fingerprint density at radius 2 is 1.16 bits per heavy atom. The lowest BCUT2D eigenvalue weighted by Gasteiger charge is -2.25. The van der Waals surface area contributed by atoms with E-state index in [1.807, 2.05) is 60.7 Å². The van der Waals surface area contributed by atoms with Gasteiger partial charge in [-0.15, -0.1) is 0 Å². The molecule has 0 aromatic heterocycles. The van der Waals surface area contributed by atoms with Crippen molar-refractivity contribution in [1.29, 1.82) is 0 Å². The number of nitrogens with zero attached hydrogens (tertiary/aromatic N) is 1. The molecule has 0 fully saturated rings. The van der Waals surface area contributed by atoms with Crippen LogP contribution in [0.5, 0.6) is 0 Å². The van der Waals surface area contributed by atoms with Gasteiger partial charge in [-0.1, -0.05) is 84.9 Å². The van der Waals surface area contributed by atoms with Gasteiger partial charge in [0.15, 0.2) is 0 Å². The largest absolute Gasteiger partial charge is 0.325 e. The number of rotatable bonds is 6. The van der Waals surface area contributed by atoms with Gasteiger partial charge in [0, 0.05) is 19.5 Å². The summed E-state index contributed by atoms with van der Waals surface area (Å²) in [4.78, 5) is 0. The highest BCUT2D eigenvalue weighted by molar-refractivity contribution is 7.80. The first kappa shape index (κ1) is 22.5. The van der Waals surface area contributed by atoms with Crippen LogP contribution in [-0.2, 0) is 9.09 Å². The maximum atomic E-state index is 14.2. The minimum absolute atomic E-state index is 0.629. The predicted octanol–water partition coefficient (Wildman–Crippen LogP) is 5.98. The number of benzene rings is 4. The van der Waals surface area contributed by atoms with E-state index in [1.54, 1.807) is 0 Å². The topological polar surface area (TPSA) is 38.7 Å². The van der Waals surface area contributed by atoms with Crippen molar-refractivity contribution in [2.45, 2.75) is 6.92 Å². The van der Waals surface area contributed by atoms with E-state index in [0.29, 0.717) is 16.3 Å². The summed E-state index contributed by atoms with van der Waals surface area (Å²) in [6.07, 6.45) is 0. The molecule has 5 heteroatoms. The highest BCUT2D eigenvalue weighted by Gasteiger charge is 2.31. The lowest BCUT2D eigenvalue weighted by atomic mass is 10.2. The zero-order valence-corrected chi connectivity index (χ0v) is 20.3. The molecule has 162 valence electrons. The highest BCUT2D eigenvalue weighted by Crippen LogP contribution is 2.51. The highest BCUT2D eigenvalue weighted by atomic mass is 31.2. The third-order valence-corrected chi connectivity index (χ3v) is 11.6. The first-order chi connectivity index (χ1) is 15.5. The maximum absolute atomic E-state index is 14.2. The van der Waals surface area contributed by atoms with E-state index in [0.717, 1.165) is 0 Å². The molecule has 0 saturated carbocycles. The molecule has 0 amide bonds. The van der Waals surface area contributed by atoms with Gasteiger partial charge in [-0.2, -0.15) is 0 Å². The van der Waals surface area contributed by atoms with Crippen molar-refractivity contribution in [2.24, 2.45) is 4.74 Å². The van der Waals surface area contributed by atoms with E-state index in [1.165, 1.54) is 23.3 Å². The van der Waals surface area contributed by atoms with E-state index in [2.05, 4.69) is 62.1 Å². The molecule has 0 heterocycles. The fourth-order valence-electron chi connectivity index (χ4n) is 4.00. The van der Waals surface area contributed by atoms with Gasteiger partial charge in [-0.25, -0.2) is 0 Å². The van der Waals surface area contributed by atoms with Gasteiger partial charge in [-0.05, 0) is 54.0 Å². The van der Waals surface area contributed by atoms with Crippen LogP contribution in [0.4, 0.5) is 5.69 Å². The SMILES string of the molecule is COP(=O)(c1ccccc1)c1ccccc1N=P(C)(c1ccccc1)c1ccccc1C. The molecule has 0 bridgehead atoms. The minimum Gasteiger partial charge on any atom is -0.325 e. The summed E-state index contributed by atoms with van der Waals surface area (Å²) in [7, 11) is -3.97. The number of hydrogen-bond acceptors (Lipinski definition) is 3. The van der Waals surface area contributed by atoms with Crippen LogP contribution >= 0.6 is 14.4 Å². The van der Waals surface area contributed by atoms with Crippen LogP contribution in [0.2, 0.25) is 0 Å². The van der Waals surface area contributed by atoms with Crippen LogP contribution in [0.1, 0.15) is 5.56 Å². The van der Waals surface area contributed by atoms with Crippen LogP contribution in [-0.4, -0.2) is 13.8 Å². The Bertz CT molecular complexity index is 1320. The van der Waals surface area contributed by atoms with Crippen LogP contribution < -0.4 is 21.2 Å². The normalized spacial score (nSPS) is 14.8. The van der Waals surface area contributed by atoms with Crippen LogP contribution in [0.15, 0.2) is 114 Å². The molecule has 4 aromatic rings. The molecule has 2 unspecified atom stereocenters. The summed E-state index contributed by atoms with van der Waals surface area (Å²) in [5.41, 5.74) is 1.91. The van der Waals surface area contributed by atoms with Gasteiger partial charge < -0.3 is 4.52 Å². The van der Waals surface area contributed by atoms with Gasteiger partial charge >= 0.3 is 0 Å². The molecule has 32 heavy (non-hydrogen) atoms. The second-order valence-corrected chi connectivity index (χ2v) is 13.3.